The lowest BCUT2D eigenvalue weighted by Crippen LogP contribution is -2.11. The van der Waals surface area contributed by atoms with E-state index in [1.165, 1.54) is 14.2 Å². The lowest BCUT2D eigenvalue weighted by molar-refractivity contribution is 0.0590. The van der Waals surface area contributed by atoms with E-state index in [1.54, 1.807) is 0 Å². The summed E-state index contributed by atoms with van der Waals surface area (Å²) in [6.07, 6.45) is 0. The maximum atomic E-state index is 11.7. The first-order chi connectivity index (χ1) is 9.56. The number of nitrogen functional groups attached to an aromatic ring is 1. The van der Waals surface area contributed by atoms with Gasteiger partial charge in [-0.15, -0.1) is 0 Å². The van der Waals surface area contributed by atoms with Crippen LogP contribution in [-0.4, -0.2) is 30.2 Å². The van der Waals surface area contributed by atoms with Gasteiger partial charge in [0, 0.05) is 5.56 Å². The van der Waals surface area contributed by atoms with Gasteiger partial charge in [0.2, 0.25) is 0 Å². The average molecular weight is 273 g/mol. The van der Waals surface area contributed by atoms with Crippen LogP contribution >= 0.6 is 0 Å². The standard InChI is InChI=1S/C14H15N3O3/c1-8-4-6-9(7-5-8)13-16-10(14(18)20-3)11(19-2)12(15)17-13/h4-7H,1-3H3,(H2,15,16,17). The molecule has 0 fully saturated rings. The number of aryl methyl sites for hydroxylation is 1. The van der Waals surface area contributed by atoms with Crippen molar-refractivity contribution in [1.29, 1.82) is 0 Å². The van der Waals surface area contributed by atoms with Crippen molar-refractivity contribution < 1.29 is 14.3 Å². The minimum absolute atomic E-state index is 0.0121. The third-order valence-corrected chi connectivity index (χ3v) is 2.78. The van der Waals surface area contributed by atoms with Gasteiger partial charge in [0.25, 0.3) is 0 Å². The molecule has 2 aromatic rings. The predicted molar refractivity (Wildman–Crippen MR) is 74.5 cm³/mol. The number of aromatic nitrogens is 2. The van der Waals surface area contributed by atoms with E-state index < -0.39 is 5.97 Å². The number of rotatable bonds is 3. The van der Waals surface area contributed by atoms with Crippen molar-refractivity contribution >= 4 is 11.8 Å². The Kier molecular flexibility index (Phi) is 3.84. The minimum atomic E-state index is -0.621. The number of carbonyl (C=O) groups is 1. The van der Waals surface area contributed by atoms with E-state index in [9.17, 15) is 4.79 Å². The third-order valence-electron chi connectivity index (χ3n) is 2.78. The summed E-state index contributed by atoms with van der Waals surface area (Å²) in [5.41, 5.74) is 7.69. The van der Waals surface area contributed by atoms with E-state index in [4.69, 9.17) is 10.5 Å². The molecule has 0 saturated heterocycles. The van der Waals surface area contributed by atoms with Gasteiger partial charge < -0.3 is 15.2 Å². The van der Waals surface area contributed by atoms with E-state index >= 15 is 0 Å². The van der Waals surface area contributed by atoms with Gasteiger partial charge >= 0.3 is 5.97 Å². The lowest BCUT2D eigenvalue weighted by Gasteiger charge is -2.10. The molecule has 20 heavy (non-hydrogen) atoms. The quantitative estimate of drug-likeness (QED) is 0.858. The Bertz CT molecular complexity index is 639. The highest BCUT2D eigenvalue weighted by Crippen LogP contribution is 2.27. The summed E-state index contributed by atoms with van der Waals surface area (Å²) < 4.78 is 9.74. The van der Waals surface area contributed by atoms with Crippen LogP contribution in [0.3, 0.4) is 0 Å². The van der Waals surface area contributed by atoms with Crippen molar-refractivity contribution in [3.63, 3.8) is 0 Å². The zero-order valence-electron chi connectivity index (χ0n) is 11.5. The van der Waals surface area contributed by atoms with Gasteiger partial charge in [-0.3, -0.25) is 0 Å². The molecule has 0 aliphatic heterocycles. The number of benzene rings is 1. The number of methoxy groups -OCH3 is 2. The summed E-state index contributed by atoms with van der Waals surface area (Å²) in [6.45, 7) is 1.98. The number of ether oxygens (including phenoxy) is 2. The Morgan fingerprint density at radius 2 is 1.80 bits per heavy atom. The summed E-state index contributed by atoms with van der Waals surface area (Å²) in [5, 5.41) is 0. The largest absolute Gasteiger partial charge is 0.491 e. The molecule has 0 bridgehead atoms. The van der Waals surface area contributed by atoms with Crippen LogP contribution in [0.15, 0.2) is 24.3 Å². The van der Waals surface area contributed by atoms with Gasteiger partial charge in [-0.05, 0) is 6.92 Å². The Hall–Kier alpha value is -2.63. The second kappa shape index (κ2) is 5.56. The molecule has 0 atom stereocenters. The summed E-state index contributed by atoms with van der Waals surface area (Å²) in [7, 11) is 2.67. The van der Waals surface area contributed by atoms with E-state index in [-0.39, 0.29) is 17.3 Å². The molecule has 0 unspecified atom stereocenters. The molecule has 6 heteroatoms. The molecule has 0 aliphatic rings. The van der Waals surface area contributed by atoms with Crippen molar-refractivity contribution in [1.82, 2.24) is 9.97 Å². The zero-order chi connectivity index (χ0) is 14.7. The molecular weight excluding hydrogens is 258 g/mol. The van der Waals surface area contributed by atoms with Crippen LogP contribution in [0.1, 0.15) is 16.1 Å². The highest BCUT2D eigenvalue weighted by Gasteiger charge is 2.20. The second-order valence-corrected chi connectivity index (χ2v) is 4.17. The smallest absolute Gasteiger partial charge is 0.360 e. The Balaban J connectivity index is 2.58. The molecule has 1 heterocycles. The Morgan fingerprint density at radius 3 is 2.35 bits per heavy atom. The Labute approximate surface area is 116 Å². The molecule has 0 saturated carbocycles. The monoisotopic (exact) mass is 273 g/mol. The fourth-order valence-electron chi connectivity index (χ4n) is 1.74. The molecule has 0 aliphatic carbocycles. The Morgan fingerprint density at radius 1 is 1.15 bits per heavy atom. The van der Waals surface area contributed by atoms with Gasteiger partial charge in [0.05, 0.1) is 14.2 Å². The highest BCUT2D eigenvalue weighted by atomic mass is 16.5. The molecule has 0 radical (unpaired) electrons. The molecule has 0 spiro atoms. The number of esters is 1. The first-order valence-electron chi connectivity index (χ1n) is 5.93. The summed E-state index contributed by atoms with van der Waals surface area (Å²) >= 11 is 0. The fraction of sp³-hybridized carbons (Fsp3) is 0.214. The van der Waals surface area contributed by atoms with Crippen LogP contribution in [0.4, 0.5) is 5.82 Å². The van der Waals surface area contributed by atoms with Crippen LogP contribution in [0.25, 0.3) is 11.4 Å². The number of carbonyl (C=O) groups excluding carboxylic acids is 1. The molecule has 1 aromatic carbocycles. The molecule has 2 rings (SSSR count). The van der Waals surface area contributed by atoms with Crippen LogP contribution in [-0.2, 0) is 4.74 Å². The number of hydrogen-bond acceptors (Lipinski definition) is 6. The molecule has 104 valence electrons. The summed E-state index contributed by atoms with van der Waals surface area (Å²) in [6, 6.07) is 7.57. The second-order valence-electron chi connectivity index (χ2n) is 4.17. The van der Waals surface area contributed by atoms with Crippen molar-refractivity contribution in [3.05, 3.63) is 35.5 Å². The van der Waals surface area contributed by atoms with E-state index in [2.05, 4.69) is 14.7 Å². The highest BCUT2D eigenvalue weighted by molar-refractivity contribution is 5.92. The van der Waals surface area contributed by atoms with Crippen molar-refractivity contribution in [2.75, 3.05) is 20.0 Å². The van der Waals surface area contributed by atoms with Gasteiger partial charge in [0.15, 0.2) is 23.1 Å². The van der Waals surface area contributed by atoms with Gasteiger partial charge in [-0.25, -0.2) is 14.8 Å². The predicted octanol–water partition coefficient (Wildman–Crippen LogP) is 1.83. The summed E-state index contributed by atoms with van der Waals surface area (Å²) in [5.74, 6) is -0.0563. The van der Waals surface area contributed by atoms with Gasteiger partial charge in [-0.1, -0.05) is 29.8 Å². The first kappa shape index (κ1) is 13.8. The number of anilines is 1. The average Bonchev–Trinajstić information content (AvgIpc) is 2.46. The number of hydrogen-bond donors (Lipinski definition) is 1. The van der Waals surface area contributed by atoms with Crippen LogP contribution in [0.5, 0.6) is 5.75 Å². The van der Waals surface area contributed by atoms with Crippen molar-refractivity contribution in [3.8, 4) is 17.1 Å². The molecule has 6 nitrogen and oxygen atoms in total. The fourth-order valence-corrected chi connectivity index (χ4v) is 1.74. The van der Waals surface area contributed by atoms with E-state index in [0.29, 0.717) is 5.82 Å². The minimum Gasteiger partial charge on any atom is -0.491 e. The molecular formula is C14H15N3O3. The van der Waals surface area contributed by atoms with Crippen molar-refractivity contribution in [2.24, 2.45) is 0 Å². The van der Waals surface area contributed by atoms with Crippen LogP contribution in [0, 0.1) is 6.92 Å². The molecule has 0 amide bonds. The summed E-state index contributed by atoms with van der Waals surface area (Å²) in [4.78, 5) is 20.1. The van der Waals surface area contributed by atoms with E-state index in [1.807, 2.05) is 31.2 Å². The number of nitrogens with two attached hydrogens (primary N) is 1. The first-order valence-corrected chi connectivity index (χ1v) is 5.93. The topological polar surface area (TPSA) is 87.3 Å². The van der Waals surface area contributed by atoms with Crippen LogP contribution in [0.2, 0.25) is 0 Å². The van der Waals surface area contributed by atoms with Crippen LogP contribution < -0.4 is 10.5 Å². The normalized spacial score (nSPS) is 10.2. The third kappa shape index (κ3) is 2.54. The maximum Gasteiger partial charge on any atom is 0.360 e. The maximum absolute atomic E-state index is 11.7. The number of nitrogens with zero attached hydrogens (tertiary/aromatic N) is 2. The molecule has 1 aromatic heterocycles. The van der Waals surface area contributed by atoms with Gasteiger partial charge in [-0.2, -0.15) is 0 Å². The lowest BCUT2D eigenvalue weighted by atomic mass is 10.1. The SMILES string of the molecule is COC(=O)c1nc(-c2ccc(C)cc2)nc(N)c1OC. The molecule has 2 N–H and O–H groups in total. The zero-order valence-corrected chi connectivity index (χ0v) is 11.5. The van der Waals surface area contributed by atoms with Gasteiger partial charge in [0.1, 0.15) is 0 Å². The van der Waals surface area contributed by atoms with Crippen molar-refractivity contribution in [2.45, 2.75) is 6.92 Å². The van der Waals surface area contributed by atoms with E-state index in [0.717, 1.165) is 11.1 Å².